The molecule has 0 unspecified atom stereocenters. The van der Waals surface area contributed by atoms with E-state index >= 15 is 0 Å². The summed E-state index contributed by atoms with van der Waals surface area (Å²) in [5.74, 6) is 2.78. The maximum absolute atomic E-state index is 6.72. The largest absolute Gasteiger partial charge is 0.510 e. The average molecular weight is 1040 g/mol. The molecule has 3 aromatic heterocycles. The number of aromatic nitrogens is 5. The predicted molar refractivity (Wildman–Crippen MR) is 260 cm³/mol. The predicted octanol–water partition coefficient (Wildman–Crippen LogP) is 13.7. The van der Waals surface area contributed by atoms with Crippen LogP contribution in [0.5, 0.6) is 11.5 Å². The van der Waals surface area contributed by atoms with E-state index in [1.165, 1.54) is 22.3 Å². The Kier molecular flexibility index (Phi) is 11.9. The van der Waals surface area contributed by atoms with Crippen molar-refractivity contribution < 1.29 is 30.5 Å². The van der Waals surface area contributed by atoms with Crippen molar-refractivity contribution in [1.82, 2.24) is 19.2 Å². The van der Waals surface area contributed by atoms with Crippen LogP contribution in [0.2, 0.25) is 0 Å². The molecule has 0 N–H and O–H groups in total. The zero-order chi connectivity index (χ0) is 45.2. The molecule has 0 aliphatic rings. The molecule has 0 spiro atoms. The Bertz CT molecular complexity index is 3130. The van der Waals surface area contributed by atoms with E-state index in [1.54, 1.807) is 0 Å². The molecule has 0 saturated heterocycles. The second-order valence-electron chi connectivity index (χ2n) is 20.6. The van der Waals surface area contributed by atoms with Gasteiger partial charge in [0.05, 0.1) is 5.69 Å². The van der Waals surface area contributed by atoms with Crippen LogP contribution < -0.4 is 9.42 Å². The third-order valence-electron chi connectivity index (χ3n) is 12.4. The van der Waals surface area contributed by atoms with E-state index < -0.39 is 5.41 Å². The summed E-state index contributed by atoms with van der Waals surface area (Å²) in [4.78, 5) is 4.92. The van der Waals surface area contributed by atoms with Crippen molar-refractivity contribution in [2.45, 2.75) is 97.8 Å². The molecule has 332 valence electrons. The van der Waals surface area contributed by atoms with E-state index in [1.807, 2.05) is 45.8 Å². The fourth-order valence-electron chi connectivity index (χ4n) is 8.36. The summed E-state index contributed by atoms with van der Waals surface area (Å²) < 4.78 is 12.9. The molecule has 0 aliphatic carbocycles. The third-order valence-corrected chi connectivity index (χ3v) is 12.4. The van der Waals surface area contributed by atoms with Gasteiger partial charge in [-0.2, -0.15) is 22.9 Å². The molecule has 0 atom stereocenters. The molecule has 0 saturated carbocycles. The molecule has 0 bridgehead atoms. The first-order valence-corrected chi connectivity index (χ1v) is 22.2. The van der Waals surface area contributed by atoms with Crippen LogP contribution in [0.4, 0.5) is 0 Å². The number of nitrogens with zero attached hydrogens (tertiary/aromatic N) is 5. The van der Waals surface area contributed by atoms with E-state index in [0.29, 0.717) is 11.5 Å². The average Bonchev–Trinajstić information content (AvgIpc) is 3.87. The van der Waals surface area contributed by atoms with Gasteiger partial charge in [0.25, 0.3) is 6.33 Å². The molecule has 65 heavy (non-hydrogen) atoms. The SMILES string of the molecule is CC(C)(C)c1cc(-[n+]2[c-]n(-c3[c-]c(Oc4[c-]c5c(cc4)c4cc(-c6ccccc6)ccc4n5-c4cc(C(C)(C)C)ccn4)ccc3)c(C(C)(C)c3ccccc3)n2)cc(C(C)(C)C)c1.[Pt]. The molecular formula is C58H57N5OPt-2. The zero-order valence-corrected chi connectivity index (χ0v) is 41.6. The maximum Gasteiger partial charge on any atom is 0.271 e. The molecule has 9 aromatic rings. The summed E-state index contributed by atoms with van der Waals surface area (Å²) >= 11 is 0. The Morgan fingerprint density at radius 1 is 0.538 bits per heavy atom. The van der Waals surface area contributed by atoms with Gasteiger partial charge >= 0.3 is 0 Å². The third kappa shape index (κ3) is 8.98. The first-order chi connectivity index (χ1) is 30.3. The van der Waals surface area contributed by atoms with Gasteiger partial charge < -0.3 is 13.9 Å². The molecule has 6 aromatic carbocycles. The van der Waals surface area contributed by atoms with Gasteiger partial charge in [-0.25, -0.2) is 4.98 Å². The molecule has 0 amide bonds. The van der Waals surface area contributed by atoms with Crippen molar-refractivity contribution in [1.29, 1.82) is 0 Å². The molecule has 0 fully saturated rings. The van der Waals surface area contributed by atoms with Crippen molar-refractivity contribution in [3.63, 3.8) is 0 Å². The van der Waals surface area contributed by atoms with Crippen LogP contribution in [-0.4, -0.2) is 19.2 Å². The summed E-state index contributed by atoms with van der Waals surface area (Å²) in [6.45, 7) is 24.7. The number of rotatable bonds is 8. The van der Waals surface area contributed by atoms with Crippen LogP contribution in [0, 0.1) is 18.5 Å². The second-order valence-corrected chi connectivity index (χ2v) is 20.6. The van der Waals surface area contributed by atoms with Gasteiger partial charge in [-0.1, -0.05) is 178 Å². The Morgan fingerprint density at radius 2 is 1.18 bits per heavy atom. The van der Waals surface area contributed by atoms with E-state index in [2.05, 4.69) is 208 Å². The summed E-state index contributed by atoms with van der Waals surface area (Å²) in [5.41, 5.74) is 10.2. The molecule has 0 radical (unpaired) electrons. The molecule has 3 heterocycles. The van der Waals surface area contributed by atoms with Crippen molar-refractivity contribution in [3.8, 4) is 39.8 Å². The number of pyridine rings is 1. The van der Waals surface area contributed by atoms with Crippen LogP contribution in [0.15, 0.2) is 146 Å². The van der Waals surface area contributed by atoms with E-state index in [0.717, 1.165) is 55.9 Å². The standard InChI is InChI=1S/C58H57N5O.Pt/c1-55(2,3)42-29-30-59-53(35-42)63-51-28-25-40(39-19-14-12-15-20-39)31-50(51)49-27-26-48(37-52(49)63)64-47-24-18-23-45(36-47)61-38-62(60-54(61)58(10,11)41-21-16-13-17-22-41)46-33-43(56(4,5)6)32-44(34-46)57(7,8)9;/h12-35H,1-11H3;/q-2;. The van der Waals surface area contributed by atoms with Crippen LogP contribution >= 0.6 is 0 Å². The summed E-state index contributed by atoms with van der Waals surface area (Å²) in [6, 6.07) is 56.2. The molecule has 0 aliphatic heterocycles. The summed E-state index contributed by atoms with van der Waals surface area (Å²) in [6.07, 6.45) is 5.56. The quantitative estimate of drug-likeness (QED) is 0.113. The van der Waals surface area contributed by atoms with Crippen molar-refractivity contribution in [3.05, 3.63) is 192 Å². The number of hydrogen-bond donors (Lipinski definition) is 0. The van der Waals surface area contributed by atoms with Gasteiger partial charge in [-0.05, 0) is 73.2 Å². The zero-order valence-electron chi connectivity index (χ0n) is 39.3. The minimum absolute atomic E-state index is 0. The van der Waals surface area contributed by atoms with Gasteiger partial charge in [0, 0.05) is 49.7 Å². The number of hydrogen-bond acceptors (Lipinski definition) is 3. The molecule has 7 heteroatoms. The molecule has 9 rings (SSSR count). The normalized spacial score (nSPS) is 12.4. The van der Waals surface area contributed by atoms with Crippen molar-refractivity contribution in [2.24, 2.45) is 0 Å². The fourth-order valence-corrected chi connectivity index (χ4v) is 8.36. The van der Waals surface area contributed by atoms with E-state index in [4.69, 9.17) is 14.8 Å². The molecule has 6 nitrogen and oxygen atoms in total. The second kappa shape index (κ2) is 17.0. The minimum atomic E-state index is -0.493. The Morgan fingerprint density at radius 3 is 1.85 bits per heavy atom. The van der Waals surface area contributed by atoms with E-state index in [9.17, 15) is 0 Å². The first kappa shape index (κ1) is 45.5. The Labute approximate surface area is 399 Å². The summed E-state index contributed by atoms with van der Waals surface area (Å²) in [7, 11) is 0. The van der Waals surface area contributed by atoms with Gasteiger partial charge in [-0.3, -0.25) is 0 Å². The Balaban J connectivity index is 0.00000576. The topological polar surface area (TPSA) is 48.8 Å². The van der Waals surface area contributed by atoms with Gasteiger partial charge in [0.1, 0.15) is 5.82 Å². The van der Waals surface area contributed by atoms with Crippen LogP contribution in [0.3, 0.4) is 0 Å². The smallest absolute Gasteiger partial charge is 0.271 e. The number of fused-ring (bicyclic) bond motifs is 3. The van der Waals surface area contributed by atoms with Gasteiger partial charge in [0.15, 0.2) is 5.82 Å². The van der Waals surface area contributed by atoms with Crippen LogP contribution in [-0.2, 0) is 42.7 Å². The van der Waals surface area contributed by atoms with Crippen molar-refractivity contribution >= 4 is 21.8 Å². The van der Waals surface area contributed by atoms with E-state index in [-0.39, 0.29) is 37.3 Å². The Hall–Kier alpha value is -6.10. The molecular weight excluding hydrogens is 978 g/mol. The number of ether oxygens (including phenoxy) is 1. The maximum atomic E-state index is 6.72. The minimum Gasteiger partial charge on any atom is -0.510 e. The summed E-state index contributed by atoms with van der Waals surface area (Å²) in [5, 5.41) is 7.54. The van der Waals surface area contributed by atoms with Crippen molar-refractivity contribution in [2.75, 3.05) is 0 Å². The van der Waals surface area contributed by atoms with Gasteiger partial charge in [0.2, 0.25) is 0 Å². The monoisotopic (exact) mass is 1030 g/mol. The van der Waals surface area contributed by atoms with Crippen LogP contribution in [0.25, 0.3) is 50.1 Å². The van der Waals surface area contributed by atoms with Gasteiger partial charge in [-0.15, -0.1) is 34.8 Å². The number of benzene rings is 6. The first-order valence-electron chi connectivity index (χ1n) is 22.2. The fraction of sp³-hybridized carbons (Fsp3) is 0.259. The van der Waals surface area contributed by atoms with Crippen LogP contribution in [0.1, 0.15) is 104 Å².